The third-order valence-corrected chi connectivity index (χ3v) is 3.47. The van der Waals surface area contributed by atoms with Gasteiger partial charge in [-0.15, -0.1) is 0 Å². The Morgan fingerprint density at radius 3 is 2.60 bits per heavy atom. The Kier molecular flexibility index (Phi) is 4.29. The van der Waals surface area contributed by atoms with Crippen molar-refractivity contribution < 1.29 is 9.47 Å². The molecule has 4 nitrogen and oxygen atoms in total. The molecule has 2 aromatic carbocycles. The number of aryl methyl sites for hydroxylation is 1. The van der Waals surface area contributed by atoms with Gasteiger partial charge in [0.2, 0.25) is 0 Å². The maximum Gasteiger partial charge on any atom is 0.141 e. The molecule has 3 N–H and O–H groups in total. The van der Waals surface area contributed by atoms with Gasteiger partial charge in [0.15, 0.2) is 0 Å². The minimum Gasteiger partial charge on any atom is -0.497 e. The van der Waals surface area contributed by atoms with Crippen molar-refractivity contribution in [2.24, 2.45) is 5.73 Å². The van der Waals surface area contributed by atoms with Crippen molar-refractivity contribution in [1.82, 2.24) is 0 Å². The number of ether oxygens (including phenoxy) is 2. The highest BCUT2D eigenvalue weighted by Crippen LogP contribution is 2.35. The molecule has 0 radical (unpaired) electrons. The molecule has 2 aromatic rings. The van der Waals surface area contributed by atoms with E-state index in [0.717, 1.165) is 15.8 Å². The van der Waals surface area contributed by atoms with E-state index in [0.29, 0.717) is 17.1 Å². The van der Waals surface area contributed by atoms with Gasteiger partial charge in [0.25, 0.3) is 0 Å². The van der Waals surface area contributed by atoms with Crippen LogP contribution in [0.4, 0.5) is 0 Å². The van der Waals surface area contributed by atoms with E-state index in [4.69, 9.17) is 20.6 Å². The van der Waals surface area contributed by atoms with Gasteiger partial charge in [-0.1, -0.05) is 12.1 Å². The van der Waals surface area contributed by atoms with Gasteiger partial charge in [0.05, 0.1) is 17.1 Å². The normalized spacial score (nSPS) is 10.2. The van der Waals surface area contributed by atoms with Gasteiger partial charge in [0.1, 0.15) is 23.1 Å². The maximum atomic E-state index is 7.62. The van der Waals surface area contributed by atoms with Crippen molar-refractivity contribution in [2.45, 2.75) is 6.92 Å². The number of nitrogens with two attached hydrogens (primary N) is 1. The zero-order chi connectivity index (χ0) is 14.7. The van der Waals surface area contributed by atoms with E-state index in [1.165, 1.54) is 0 Å². The van der Waals surface area contributed by atoms with Crippen LogP contribution in [0.2, 0.25) is 0 Å². The third kappa shape index (κ3) is 2.93. The van der Waals surface area contributed by atoms with E-state index < -0.39 is 0 Å². The molecular formula is C15H15BrN2O2. The lowest BCUT2D eigenvalue weighted by atomic mass is 10.1. The molecule has 0 bridgehead atoms. The largest absolute Gasteiger partial charge is 0.497 e. The number of amidine groups is 1. The molecule has 0 atom stereocenters. The maximum absolute atomic E-state index is 7.62. The number of hydrogen-bond donors (Lipinski definition) is 2. The van der Waals surface area contributed by atoms with Gasteiger partial charge in [0, 0.05) is 0 Å². The second-order valence-electron chi connectivity index (χ2n) is 4.26. The van der Waals surface area contributed by atoms with Gasteiger partial charge in [-0.05, 0) is 52.7 Å². The summed E-state index contributed by atoms with van der Waals surface area (Å²) >= 11 is 3.44. The van der Waals surface area contributed by atoms with Crippen LogP contribution in [0.15, 0.2) is 40.9 Å². The Balaban J connectivity index is 2.42. The molecule has 0 amide bonds. The first-order chi connectivity index (χ1) is 9.52. The number of benzene rings is 2. The van der Waals surface area contributed by atoms with Crippen LogP contribution < -0.4 is 15.2 Å². The van der Waals surface area contributed by atoms with Gasteiger partial charge in [-0.3, -0.25) is 5.41 Å². The fourth-order valence-electron chi connectivity index (χ4n) is 1.80. The van der Waals surface area contributed by atoms with Crippen molar-refractivity contribution in [2.75, 3.05) is 7.11 Å². The summed E-state index contributed by atoms with van der Waals surface area (Å²) in [5, 5.41) is 7.62. The summed E-state index contributed by atoms with van der Waals surface area (Å²) in [6.45, 7) is 1.92. The highest BCUT2D eigenvalue weighted by atomic mass is 79.9. The molecule has 0 saturated heterocycles. The Hall–Kier alpha value is -2.01. The lowest BCUT2D eigenvalue weighted by molar-refractivity contribution is 0.412. The van der Waals surface area contributed by atoms with Crippen molar-refractivity contribution in [1.29, 1.82) is 5.41 Å². The zero-order valence-electron chi connectivity index (χ0n) is 11.2. The molecule has 20 heavy (non-hydrogen) atoms. The first-order valence-electron chi connectivity index (χ1n) is 5.98. The summed E-state index contributed by atoms with van der Waals surface area (Å²) in [5.41, 5.74) is 7.09. The Morgan fingerprint density at radius 2 is 2.00 bits per heavy atom. The Labute approximate surface area is 126 Å². The standard InChI is InChI=1S/C15H15BrN2O2/c1-9-4-3-5-11(15(17)18)14(9)20-13-7-6-10(19-2)8-12(13)16/h3-8H,1-2H3,(H3,17,18). The predicted octanol–water partition coefficient (Wildman–Crippen LogP) is 3.84. The highest BCUT2D eigenvalue weighted by Gasteiger charge is 2.12. The first-order valence-corrected chi connectivity index (χ1v) is 6.77. The summed E-state index contributed by atoms with van der Waals surface area (Å²) in [4.78, 5) is 0. The highest BCUT2D eigenvalue weighted by molar-refractivity contribution is 9.10. The number of nitrogen functional groups attached to an aromatic ring is 1. The molecule has 0 unspecified atom stereocenters. The van der Waals surface area contributed by atoms with E-state index >= 15 is 0 Å². The monoisotopic (exact) mass is 334 g/mol. The number of nitrogens with one attached hydrogen (secondary N) is 1. The number of halogens is 1. The van der Waals surface area contributed by atoms with E-state index in [-0.39, 0.29) is 5.84 Å². The molecule has 0 aliphatic heterocycles. The first kappa shape index (κ1) is 14.4. The summed E-state index contributed by atoms with van der Waals surface area (Å²) in [7, 11) is 1.61. The van der Waals surface area contributed by atoms with Gasteiger partial charge >= 0.3 is 0 Å². The molecular weight excluding hydrogens is 320 g/mol. The van der Waals surface area contributed by atoms with Crippen LogP contribution in [-0.4, -0.2) is 12.9 Å². The zero-order valence-corrected chi connectivity index (χ0v) is 12.8. The Morgan fingerprint density at radius 1 is 1.25 bits per heavy atom. The van der Waals surface area contributed by atoms with Crippen molar-refractivity contribution >= 4 is 21.8 Å². The average molecular weight is 335 g/mol. The number of hydrogen-bond acceptors (Lipinski definition) is 3. The molecule has 0 saturated carbocycles. The summed E-state index contributed by atoms with van der Waals surface area (Å²) in [5.74, 6) is 1.95. The molecule has 0 spiro atoms. The minimum absolute atomic E-state index is 0.0201. The molecule has 0 heterocycles. The van der Waals surface area contributed by atoms with E-state index in [2.05, 4.69) is 15.9 Å². The van der Waals surface area contributed by atoms with Crippen molar-refractivity contribution in [3.8, 4) is 17.2 Å². The number of para-hydroxylation sites is 1. The summed E-state index contributed by atoms with van der Waals surface area (Å²) in [6, 6.07) is 11.0. The molecule has 5 heteroatoms. The molecule has 0 aliphatic carbocycles. The smallest absolute Gasteiger partial charge is 0.141 e. The Bertz CT molecular complexity index is 656. The lowest BCUT2D eigenvalue weighted by Crippen LogP contribution is -2.12. The third-order valence-electron chi connectivity index (χ3n) is 2.85. The van der Waals surface area contributed by atoms with E-state index in [1.807, 2.05) is 31.2 Å². The van der Waals surface area contributed by atoms with Crippen LogP contribution in [-0.2, 0) is 0 Å². The van der Waals surface area contributed by atoms with Crippen LogP contribution in [0.3, 0.4) is 0 Å². The van der Waals surface area contributed by atoms with Crippen LogP contribution in [0.25, 0.3) is 0 Å². The van der Waals surface area contributed by atoms with Crippen LogP contribution in [0, 0.1) is 12.3 Å². The van der Waals surface area contributed by atoms with Crippen molar-refractivity contribution in [3.63, 3.8) is 0 Å². The number of methoxy groups -OCH3 is 1. The lowest BCUT2D eigenvalue weighted by Gasteiger charge is -2.14. The van der Waals surface area contributed by atoms with E-state index in [9.17, 15) is 0 Å². The number of rotatable bonds is 4. The second kappa shape index (κ2) is 5.96. The summed E-state index contributed by atoms with van der Waals surface area (Å²) in [6.07, 6.45) is 0. The molecule has 0 aliphatic rings. The summed E-state index contributed by atoms with van der Waals surface area (Å²) < 4.78 is 11.8. The second-order valence-corrected chi connectivity index (χ2v) is 5.12. The van der Waals surface area contributed by atoms with Crippen LogP contribution in [0.1, 0.15) is 11.1 Å². The van der Waals surface area contributed by atoms with E-state index in [1.54, 1.807) is 19.2 Å². The van der Waals surface area contributed by atoms with Crippen LogP contribution in [0.5, 0.6) is 17.2 Å². The average Bonchev–Trinajstić information content (AvgIpc) is 2.42. The fourth-order valence-corrected chi connectivity index (χ4v) is 2.24. The molecule has 0 fully saturated rings. The van der Waals surface area contributed by atoms with Crippen molar-refractivity contribution in [3.05, 3.63) is 52.0 Å². The SMILES string of the molecule is COc1ccc(Oc2c(C)cccc2C(=N)N)c(Br)c1. The minimum atomic E-state index is -0.0201. The van der Waals surface area contributed by atoms with Crippen LogP contribution >= 0.6 is 15.9 Å². The molecule has 2 rings (SSSR count). The predicted molar refractivity (Wildman–Crippen MR) is 83.0 cm³/mol. The van der Waals surface area contributed by atoms with Gasteiger partial charge in [-0.2, -0.15) is 0 Å². The fraction of sp³-hybridized carbons (Fsp3) is 0.133. The van der Waals surface area contributed by atoms with Gasteiger partial charge in [-0.25, -0.2) is 0 Å². The molecule has 0 aromatic heterocycles. The molecule has 104 valence electrons. The topological polar surface area (TPSA) is 68.3 Å². The quantitative estimate of drug-likeness (QED) is 0.659. The van der Waals surface area contributed by atoms with Gasteiger partial charge < -0.3 is 15.2 Å².